The van der Waals surface area contributed by atoms with Gasteiger partial charge in [0.1, 0.15) is 4.83 Å². The van der Waals surface area contributed by atoms with E-state index in [1.807, 2.05) is 47.6 Å². The summed E-state index contributed by atoms with van der Waals surface area (Å²) in [5.41, 5.74) is 1.78. The number of fused-ring (bicyclic) bond motifs is 1. The smallest absolute Gasteiger partial charge is 0.263 e. The molecule has 0 unspecified atom stereocenters. The highest BCUT2D eigenvalue weighted by molar-refractivity contribution is 7.99. The molecule has 0 aromatic carbocycles. The number of carbonyl (C=O) groups is 1. The molecular formula is C19H22N2O2S3. The number of thioether (sulfide) groups is 1. The molecule has 0 amide bonds. The Labute approximate surface area is 165 Å². The van der Waals surface area contributed by atoms with Gasteiger partial charge in [-0.15, -0.1) is 22.7 Å². The van der Waals surface area contributed by atoms with Gasteiger partial charge in [-0.3, -0.25) is 14.2 Å². The summed E-state index contributed by atoms with van der Waals surface area (Å²) in [4.78, 5) is 34.4. The third kappa shape index (κ3) is 3.40. The fraction of sp³-hybridized carbons (Fsp3) is 0.421. The van der Waals surface area contributed by atoms with Crippen molar-refractivity contribution in [2.45, 2.75) is 52.7 Å². The Balaban J connectivity index is 1.99. The molecule has 0 saturated heterocycles. The summed E-state index contributed by atoms with van der Waals surface area (Å²) in [5.74, 6) is 0.366. The predicted molar refractivity (Wildman–Crippen MR) is 113 cm³/mol. The van der Waals surface area contributed by atoms with Gasteiger partial charge in [-0.05, 0) is 53.2 Å². The molecule has 0 radical (unpaired) electrons. The maximum Gasteiger partial charge on any atom is 0.263 e. The van der Waals surface area contributed by atoms with Crippen LogP contribution >= 0.6 is 34.4 Å². The number of Topliss-reactive ketones (excluding diaryl/α,β-unsaturated/α-hetero) is 1. The van der Waals surface area contributed by atoms with Crippen molar-refractivity contribution >= 4 is 50.4 Å². The molecule has 0 atom stereocenters. The lowest BCUT2D eigenvalue weighted by molar-refractivity contribution is 0.102. The van der Waals surface area contributed by atoms with Crippen LogP contribution in [0.4, 0.5) is 0 Å². The maximum atomic E-state index is 13.0. The van der Waals surface area contributed by atoms with E-state index in [-0.39, 0.29) is 23.1 Å². The number of thiophene rings is 2. The fourth-order valence-corrected chi connectivity index (χ4v) is 5.98. The first-order valence-electron chi connectivity index (χ1n) is 8.46. The summed E-state index contributed by atoms with van der Waals surface area (Å²) in [6, 6.07) is 1.93. The molecule has 0 aliphatic heterocycles. The van der Waals surface area contributed by atoms with E-state index in [1.54, 1.807) is 27.2 Å². The average Bonchev–Trinajstić information content (AvgIpc) is 3.03. The lowest BCUT2D eigenvalue weighted by Crippen LogP contribution is -2.25. The van der Waals surface area contributed by atoms with E-state index in [9.17, 15) is 9.59 Å². The highest BCUT2D eigenvalue weighted by Crippen LogP contribution is 2.30. The Morgan fingerprint density at radius 1 is 1.19 bits per heavy atom. The quantitative estimate of drug-likeness (QED) is 0.327. The van der Waals surface area contributed by atoms with Crippen molar-refractivity contribution in [2.24, 2.45) is 0 Å². The van der Waals surface area contributed by atoms with Gasteiger partial charge < -0.3 is 0 Å². The van der Waals surface area contributed by atoms with E-state index in [1.165, 1.54) is 11.8 Å². The SMILES string of the molecule is Cc1cc(C(=O)CSc2nc3sc(C)c(C)c3c(=O)n2C(C)C)c(C)s1. The minimum Gasteiger partial charge on any atom is -0.293 e. The summed E-state index contributed by atoms with van der Waals surface area (Å²) in [6.45, 7) is 11.9. The van der Waals surface area contributed by atoms with Crippen molar-refractivity contribution in [3.8, 4) is 0 Å². The number of ketones is 1. The first-order valence-corrected chi connectivity index (χ1v) is 11.1. The van der Waals surface area contributed by atoms with E-state index in [2.05, 4.69) is 0 Å². The Morgan fingerprint density at radius 2 is 1.88 bits per heavy atom. The van der Waals surface area contributed by atoms with Crippen LogP contribution in [0.1, 0.15) is 50.4 Å². The Morgan fingerprint density at radius 3 is 2.46 bits per heavy atom. The molecule has 3 heterocycles. The molecule has 3 aromatic heterocycles. The summed E-state index contributed by atoms with van der Waals surface area (Å²) >= 11 is 4.53. The maximum absolute atomic E-state index is 13.0. The van der Waals surface area contributed by atoms with Crippen LogP contribution in [0.5, 0.6) is 0 Å². The van der Waals surface area contributed by atoms with Crippen molar-refractivity contribution < 1.29 is 4.79 Å². The first-order chi connectivity index (χ1) is 12.2. The molecule has 3 aromatic rings. The molecule has 0 N–H and O–H groups in total. The Bertz CT molecular complexity index is 1060. The van der Waals surface area contributed by atoms with Crippen LogP contribution in [0.2, 0.25) is 0 Å². The molecule has 138 valence electrons. The van der Waals surface area contributed by atoms with Gasteiger partial charge in [-0.2, -0.15) is 0 Å². The van der Waals surface area contributed by atoms with Gasteiger partial charge >= 0.3 is 0 Å². The lowest BCUT2D eigenvalue weighted by atomic mass is 10.2. The highest BCUT2D eigenvalue weighted by Gasteiger charge is 2.20. The summed E-state index contributed by atoms with van der Waals surface area (Å²) < 4.78 is 1.71. The largest absolute Gasteiger partial charge is 0.293 e. The van der Waals surface area contributed by atoms with Crippen molar-refractivity contribution in [1.29, 1.82) is 0 Å². The predicted octanol–water partition coefficient (Wildman–Crippen LogP) is 5.31. The van der Waals surface area contributed by atoms with Gasteiger partial charge in [0.15, 0.2) is 10.9 Å². The van der Waals surface area contributed by atoms with E-state index < -0.39 is 0 Å². The van der Waals surface area contributed by atoms with Crippen molar-refractivity contribution in [3.63, 3.8) is 0 Å². The monoisotopic (exact) mass is 406 g/mol. The second-order valence-electron chi connectivity index (χ2n) is 6.67. The van der Waals surface area contributed by atoms with Gasteiger partial charge in [0.2, 0.25) is 0 Å². The average molecular weight is 407 g/mol. The molecule has 4 nitrogen and oxygen atoms in total. The third-order valence-electron chi connectivity index (χ3n) is 4.39. The van der Waals surface area contributed by atoms with Crippen LogP contribution < -0.4 is 5.56 Å². The van der Waals surface area contributed by atoms with E-state index >= 15 is 0 Å². The molecule has 26 heavy (non-hydrogen) atoms. The molecule has 0 fully saturated rings. The molecule has 7 heteroatoms. The zero-order chi connectivity index (χ0) is 19.2. The van der Waals surface area contributed by atoms with Gasteiger partial charge in [-0.1, -0.05) is 11.8 Å². The van der Waals surface area contributed by atoms with Gasteiger partial charge in [0.25, 0.3) is 5.56 Å². The molecular weight excluding hydrogens is 384 g/mol. The third-order valence-corrected chi connectivity index (χ3v) is 7.41. The molecule has 0 aliphatic carbocycles. The summed E-state index contributed by atoms with van der Waals surface area (Å²) in [5, 5.41) is 1.33. The number of aromatic nitrogens is 2. The Kier molecular flexibility index (Phi) is 5.42. The lowest BCUT2D eigenvalue weighted by Gasteiger charge is -2.15. The molecule has 3 rings (SSSR count). The van der Waals surface area contributed by atoms with Crippen LogP contribution in [0.15, 0.2) is 16.0 Å². The van der Waals surface area contributed by atoms with Gasteiger partial charge in [0.05, 0.1) is 11.1 Å². The van der Waals surface area contributed by atoms with Crippen LogP contribution in [0, 0.1) is 27.7 Å². The topological polar surface area (TPSA) is 52.0 Å². The number of hydrogen-bond donors (Lipinski definition) is 0. The number of nitrogens with zero attached hydrogens (tertiary/aromatic N) is 2. The highest BCUT2D eigenvalue weighted by atomic mass is 32.2. The molecule has 0 spiro atoms. The van der Waals surface area contributed by atoms with Crippen LogP contribution in [0.25, 0.3) is 10.2 Å². The molecule has 0 aliphatic rings. The second-order valence-corrected chi connectivity index (χ2v) is 10.3. The minimum atomic E-state index is -0.0123. The zero-order valence-corrected chi connectivity index (χ0v) is 18.2. The van der Waals surface area contributed by atoms with E-state index in [0.717, 1.165) is 30.6 Å². The fourth-order valence-electron chi connectivity index (χ4n) is 2.96. The van der Waals surface area contributed by atoms with E-state index in [0.29, 0.717) is 10.5 Å². The second kappa shape index (κ2) is 7.29. The molecule has 0 bridgehead atoms. The minimum absolute atomic E-state index is 0.00985. The zero-order valence-electron chi connectivity index (χ0n) is 15.8. The number of hydrogen-bond acceptors (Lipinski definition) is 6. The van der Waals surface area contributed by atoms with Crippen LogP contribution in [0.3, 0.4) is 0 Å². The Hall–Kier alpha value is -1.44. The van der Waals surface area contributed by atoms with Gasteiger partial charge in [-0.25, -0.2) is 4.98 Å². The normalized spacial score (nSPS) is 11.7. The number of carbonyl (C=O) groups excluding carboxylic acids is 1. The number of aryl methyl sites for hydroxylation is 4. The van der Waals surface area contributed by atoms with Crippen molar-refractivity contribution in [2.75, 3.05) is 5.75 Å². The molecule has 0 saturated carbocycles. The van der Waals surface area contributed by atoms with Crippen molar-refractivity contribution in [1.82, 2.24) is 9.55 Å². The van der Waals surface area contributed by atoms with Crippen LogP contribution in [-0.2, 0) is 0 Å². The summed E-state index contributed by atoms with van der Waals surface area (Å²) in [6.07, 6.45) is 0. The first kappa shape index (κ1) is 19.3. The van der Waals surface area contributed by atoms with Gasteiger partial charge in [0, 0.05) is 26.2 Å². The standard InChI is InChI=1S/C19H22N2O2S3/c1-9(2)21-18(23)16-11(4)12(5)26-17(16)20-19(21)24-8-15(22)14-7-10(3)25-13(14)6/h7,9H,8H2,1-6H3. The van der Waals surface area contributed by atoms with Crippen LogP contribution in [-0.4, -0.2) is 21.1 Å². The number of rotatable bonds is 5. The van der Waals surface area contributed by atoms with Crippen molar-refractivity contribution in [3.05, 3.63) is 42.2 Å². The summed E-state index contributed by atoms with van der Waals surface area (Å²) in [7, 11) is 0. The van der Waals surface area contributed by atoms with E-state index in [4.69, 9.17) is 4.98 Å².